The Morgan fingerprint density at radius 2 is 2.19 bits per heavy atom. The lowest BCUT2D eigenvalue weighted by Crippen LogP contribution is -2.51. The molecule has 1 heterocycles. The molecule has 21 heavy (non-hydrogen) atoms. The van der Waals surface area contributed by atoms with Crippen LogP contribution in [0.5, 0.6) is 0 Å². The third-order valence-electron chi connectivity index (χ3n) is 3.07. The second-order valence-corrected chi connectivity index (χ2v) is 4.57. The normalized spacial score (nSPS) is 18.4. The van der Waals surface area contributed by atoms with Crippen molar-refractivity contribution in [3.8, 4) is 0 Å². The number of halogens is 2. The Balaban J connectivity index is 2.10. The van der Waals surface area contributed by atoms with E-state index in [4.69, 9.17) is 9.84 Å². The first-order valence-corrected chi connectivity index (χ1v) is 6.29. The largest absolute Gasteiger partial charge is 0.481 e. The quantitative estimate of drug-likeness (QED) is 0.890. The van der Waals surface area contributed by atoms with Crippen molar-refractivity contribution >= 4 is 17.7 Å². The van der Waals surface area contributed by atoms with E-state index in [0.29, 0.717) is 0 Å². The predicted molar refractivity (Wildman–Crippen MR) is 68.9 cm³/mol. The van der Waals surface area contributed by atoms with Crippen molar-refractivity contribution in [3.63, 3.8) is 0 Å². The number of ether oxygens (including phenoxy) is 1. The number of amides is 2. The fourth-order valence-electron chi connectivity index (χ4n) is 2.07. The number of hydrogen-bond acceptors (Lipinski definition) is 3. The lowest BCUT2D eigenvalue weighted by Gasteiger charge is -2.34. The summed E-state index contributed by atoms with van der Waals surface area (Å²) >= 11 is 0. The van der Waals surface area contributed by atoms with Crippen LogP contribution in [0.4, 0.5) is 19.3 Å². The number of benzene rings is 1. The van der Waals surface area contributed by atoms with Gasteiger partial charge in [-0.2, -0.15) is 0 Å². The van der Waals surface area contributed by atoms with Gasteiger partial charge in [-0.15, -0.1) is 0 Å². The van der Waals surface area contributed by atoms with Gasteiger partial charge in [0.2, 0.25) is 0 Å². The molecule has 2 rings (SSSR count). The van der Waals surface area contributed by atoms with Crippen molar-refractivity contribution in [1.82, 2.24) is 4.90 Å². The maximum atomic E-state index is 13.5. The number of urea groups is 1. The highest BCUT2D eigenvalue weighted by molar-refractivity contribution is 5.90. The summed E-state index contributed by atoms with van der Waals surface area (Å²) in [4.78, 5) is 24.1. The van der Waals surface area contributed by atoms with Crippen LogP contribution in [0, 0.1) is 11.6 Å². The number of carboxylic acid groups (broad SMARTS) is 1. The zero-order valence-corrected chi connectivity index (χ0v) is 11.0. The summed E-state index contributed by atoms with van der Waals surface area (Å²) in [5.74, 6) is -2.52. The third-order valence-corrected chi connectivity index (χ3v) is 3.07. The topological polar surface area (TPSA) is 78.9 Å². The first kappa shape index (κ1) is 15.2. The molecule has 1 fully saturated rings. The van der Waals surface area contributed by atoms with Crippen molar-refractivity contribution in [3.05, 3.63) is 29.8 Å². The van der Waals surface area contributed by atoms with Gasteiger partial charge in [0, 0.05) is 12.6 Å². The van der Waals surface area contributed by atoms with E-state index in [1.807, 2.05) is 0 Å². The van der Waals surface area contributed by atoms with Gasteiger partial charge >= 0.3 is 12.0 Å². The van der Waals surface area contributed by atoms with Gasteiger partial charge in [0.15, 0.2) is 0 Å². The van der Waals surface area contributed by atoms with Crippen LogP contribution >= 0.6 is 0 Å². The Kier molecular flexibility index (Phi) is 4.69. The smallest absolute Gasteiger partial charge is 0.322 e. The monoisotopic (exact) mass is 300 g/mol. The van der Waals surface area contributed by atoms with Gasteiger partial charge in [-0.1, -0.05) is 0 Å². The molecule has 1 aromatic carbocycles. The van der Waals surface area contributed by atoms with E-state index in [0.717, 1.165) is 18.2 Å². The molecule has 0 saturated carbocycles. The van der Waals surface area contributed by atoms with Gasteiger partial charge in [0.25, 0.3) is 0 Å². The Labute approximate surface area is 119 Å². The fraction of sp³-hybridized carbons (Fsp3) is 0.385. The van der Waals surface area contributed by atoms with Crippen LogP contribution in [0.15, 0.2) is 18.2 Å². The van der Waals surface area contributed by atoms with E-state index in [1.54, 1.807) is 0 Å². The molecule has 0 bridgehead atoms. The summed E-state index contributed by atoms with van der Waals surface area (Å²) in [5, 5.41) is 11.1. The van der Waals surface area contributed by atoms with E-state index < -0.39 is 29.7 Å². The van der Waals surface area contributed by atoms with Crippen LogP contribution < -0.4 is 5.32 Å². The van der Waals surface area contributed by atoms with Crippen LogP contribution in [0.25, 0.3) is 0 Å². The highest BCUT2D eigenvalue weighted by atomic mass is 19.1. The number of rotatable bonds is 3. The van der Waals surface area contributed by atoms with Gasteiger partial charge in [0.1, 0.15) is 11.6 Å². The zero-order valence-electron chi connectivity index (χ0n) is 11.0. The van der Waals surface area contributed by atoms with Crippen LogP contribution in [0.2, 0.25) is 0 Å². The van der Waals surface area contributed by atoms with E-state index in [9.17, 15) is 18.4 Å². The molecule has 2 amide bonds. The summed E-state index contributed by atoms with van der Waals surface area (Å²) in [6, 6.07) is 1.37. The molecule has 0 aliphatic carbocycles. The van der Waals surface area contributed by atoms with Crippen LogP contribution in [-0.2, 0) is 9.53 Å². The molecule has 1 unspecified atom stereocenters. The van der Waals surface area contributed by atoms with Gasteiger partial charge in [-0.3, -0.25) is 4.79 Å². The number of nitrogens with zero attached hydrogens (tertiary/aromatic N) is 1. The standard InChI is InChI=1S/C13H14F2N2O4/c14-8-1-2-10(15)11(5-8)16-13(20)17-3-4-21-7-9(17)6-12(18)19/h1-2,5,9H,3-4,6-7H2,(H,16,20)(H,18,19). The number of morpholine rings is 1. The van der Waals surface area contributed by atoms with Gasteiger partial charge in [-0.05, 0) is 12.1 Å². The number of hydrogen-bond donors (Lipinski definition) is 2. The minimum atomic E-state index is -1.07. The highest BCUT2D eigenvalue weighted by Crippen LogP contribution is 2.18. The number of nitrogens with one attached hydrogen (secondary N) is 1. The number of anilines is 1. The molecule has 1 aliphatic heterocycles. The van der Waals surface area contributed by atoms with Crippen molar-refractivity contribution in [2.24, 2.45) is 0 Å². The summed E-state index contributed by atoms with van der Waals surface area (Å²) in [5.41, 5.74) is -0.291. The molecule has 0 spiro atoms. The number of carbonyl (C=O) groups is 2. The SMILES string of the molecule is O=C(O)CC1COCCN1C(=O)Nc1cc(F)ccc1F. The average Bonchev–Trinajstić information content (AvgIpc) is 2.42. The van der Waals surface area contributed by atoms with Crippen LogP contribution in [0.3, 0.4) is 0 Å². The van der Waals surface area contributed by atoms with E-state index in [2.05, 4.69) is 5.32 Å². The Hall–Kier alpha value is -2.22. The minimum absolute atomic E-state index is 0.0886. The zero-order chi connectivity index (χ0) is 15.4. The Morgan fingerprint density at radius 3 is 2.90 bits per heavy atom. The van der Waals surface area contributed by atoms with Crippen LogP contribution in [0.1, 0.15) is 6.42 Å². The Morgan fingerprint density at radius 1 is 1.43 bits per heavy atom. The summed E-state index contributed by atoms with van der Waals surface area (Å²) in [6.07, 6.45) is -0.279. The van der Waals surface area contributed by atoms with Crippen molar-refractivity contribution < 1.29 is 28.2 Å². The average molecular weight is 300 g/mol. The van der Waals surface area contributed by atoms with Gasteiger partial charge in [0.05, 0.1) is 31.4 Å². The van der Waals surface area contributed by atoms with E-state index in [-0.39, 0.29) is 31.9 Å². The molecular formula is C13H14F2N2O4. The van der Waals surface area contributed by atoms with Gasteiger partial charge < -0.3 is 20.1 Å². The third kappa shape index (κ3) is 3.88. The molecule has 2 N–H and O–H groups in total. The molecule has 0 aromatic heterocycles. The van der Waals surface area contributed by atoms with Crippen molar-refractivity contribution in [2.45, 2.75) is 12.5 Å². The maximum Gasteiger partial charge on any atom is 0.322 e. The lowest BCUT2D eigenvalue weighted by molar-refractivity contribution is -0.139. The maximum absolute atomic E-state index is 13.5. The summed E-state index contributed by atoms with van der Waals surface area (Å²) in [7, 11) is 0. The second-order valence-electron chi connectivity index (χ2n) is 4.57. The first-order valence-electron chi connectivity index (χ1n) is 6.29. The van der Waals surface area contributed by atoms with Crippen molar-refractivity contribution in [2.75, 3.05) is 25.1 Å². The van der Waals surface area contributed by atoms with Crippen molar-refractivity contribution in [1.29, 1.82) is 0 Å². The van der Waals surface area contributed by atoms with Gasteiger partial charge in [-0.25, -0.2) is 13.6 Å². The summed E-state index contributed by atoms with van der Waals surface area (Å²) < 4.78 is 31.7. The van der Waals surface area contributed by atoms with E-state index in [1.165, 1.54) is 4.90 Å². The summed E-state index contributed by atoms with van der Waals surface area (Å²) in [6.45, 7) is 0.529. The fourth-order valence-corrected chi connectivity index (χ4v) is 2.07. The molecule has 8 heteroatoms. The molecule has 1 saturated heterocycles. The molecule has 0 radical (unpaired) electrons. The number of carboxylic acids is 1. The molecule has 1 atom stereocenters. The first-order chi connectivity index (χ1) is 9.97. The number of carbonyl (C=O) groups excluding carboxylic acids is 1. The second kappa shape index (κ2) is 6.49. The minimum Gasteiger partial charge on any atom is -0.481 e. The lowest BCUT2D eigenvalue weighted by atomic mass is 10.1. The molecule has 6 nitrogen and oxygen atoms in total. The molecular weight excluding hydrogens is 286 g/mol. The highest BCUT2D eigenvalue weighted by Gasteiger charge is 2.29. The molecule has 1 aromatic rings. The van der Waals surface area contributed by atoms with Crippen LogP contribution in [-0.4, -0.2) is 47.8 Å². The number of aliphatic carboxylic acids is 1. The van der Waals surface area contributed by atoms with E-state index >= 15 is 0 Å². The predicted octanol–water partition coefficient (Wildman–Crippen LogP) is 1.67. The molecule has 114 valence electrons. The Bertz CT molecular complexity index is 553. The molecule has 1 aliphatic rings.